The van der Waals surface area contributed by atoms with Gasteiger partial charge in [0.1, 0.15) is 29.7 Å². The number of hydrogen-bond acceptors (Lipinski definition) is 8. The van der Waals surface area contributed by atoms with Gasteiger partial charge in [-0.3, -0.25) is 9.69 Å². The molecule has 0 spiro atoms. The van der Waals surface area contributed by atoms with Crippen molar-refractivity contribution in [3.8, 4) is 23.0 Å². The molecule has 0 amide bonds. The Balaban J connectivity index is 1.27. The fourth-order valence-corrected chi connectivity index (χ4v) is 7.93. The summed E-state index contributed by atoms with van der Waals surface area (Å²) in [6.07, 6.45) is 3.74. The lowest BCUT2D eigenvalue weighted by molar-refractivity contribution is 0.107. The molecule has 4 aliphatic rings. The molecule has 0 radical (unpaired) electrons. The Morgan fingerprint density at radius 2 is 1.93 bits per heavy atom. The fourth-order valence-electron chi connectivity index (χ4n) is 7.93. The summed E-state index contributed by atoms with van der Waals surface area (Å²) in [7, 11) is 1.76. The zero-order valence-corrected chi connectivity index (χ0v) is 23.7. The van der Waals surface area contributed by atoms with Gasteiger partial charge in [-0.2, -0.15) is 9.97 Å². The van der Waals surface area contributed by atoms with E-state index in [9.17, 15) is 14.3 Å². The first-order valence-corrected chi connectivity index (χ1v) is 15.0. The Bertz CT molecular complexity index is 1770. The molecule has 2 bridgehead atoms. The molecule has 2 N–H and O–H groups in total. The number of nitrogens with one attached hydrogen (secondary N) is 1. The SMILES string of the molecule is Cn1c(-c2cc(O)cc3ccccc23)cc2nc(OC[C@@]34CCCN3C[C@H](F)C4)nc(N3CC4CCC(C3)N4)c2c1=O. The molecule has 2 aromatic carbocycles. The van der Waals surface area contributed by atoms with E-state index >= 15 is 0 Å². The highest BCUT2D eigenvalue weighted by molar-refractivity contribution is 5.99. The van der Waals surface area contributed by atoms with Crippen LogP contribution in [0.5, 0.6) is 11.8 Å². The van der Waals surface area contributed by atoms with Gasteiger partial charge in [0.15, 0.2) is 0 Å². The number of alkyl halides is 1. The molecular weight excluding hydrogens is 535 g/mol. The summed E-state index contributed by atoms with van der Waals surface area (Å²) in [6.45, 7) is 3.17. The maximum atomic E-state index is 14.4. The standard InChI is InChI=1S/C32H35FN6O3/c1-37-27(25-12-23(40)11-19-5-2-3-6-24(19)25)13-26-28(30(37)41)29(38-16-21-7-8-22(17-38)34-21)36-31(35-26)42-18-32-9-4-10-39(32)15-20(33)14-32/h2-3,5-6,11-13,20-22,34,40H,4,7-10,14-18H2,1H3/t20-,21?,22?,32+/m1/s1. The predicted molar refractivity (Wildman–Crippen MR) is 160 cm³/mol. The van der Waals surface area contributed by atoms with Gasteiger partial charge in [-0.1, -0.05) is 24.3 Å². The Labute approximate surface area is 242 Å². The van der Waals surface area contributed by atoms with E-state index in [1.807, 2.05) is 30.3 Å². The van der Waals surface area contributed by atoms with Gasteiger partial charge in [0.2, 0.25) is 0 Å². The number of aromatic hydroxyl groups is 1. The van der Waals surface area contributed by atoms with Crippen molar-refractivity contribution in [2.24, 2.45) is 7.05 Å². The summed E-state index contributed by atoms with van der Waals surface area (Å²) in [5, 5.41) is 16.5. The van der Waals surface area contributed by atoms with Gasteiger partial charge in [-0.15, -0.1) is 0 Å². The zero-order valence-electron chi connectivity index (χ0n) is 23.7. The van der Waals surface area contributed by atoms with Crippen molar-refractivity contribution in [1.82, 2.24) is 24.8 Å². The van der Waals surface area contributed by atoms with E-state index in [0.717, 1.165) is 61.7 Å². The maximum absolute atomic E-state index is 14.4. The second-order valence-corrected chi connectivity index (χ2v) is 12.6. The second kappa shape index (κ2) is 9.64. The van der Waals surface area contributed by atoms with E-state index < -0.39 is 6.17 Å². The molecule has 0 aliphatic carbocycles. The first-order chi connectivity index (χ1) is 20.4. The van der Waals surface area contributed by atoms with Crippen LogP contribution in [0.15, 0.2) is 47.3 Å². The third-order valence-electron chi connectivity index (χ3n) is 9.92. The lowest BCUT2D eigenvalue weighted by atomic mass is 9.95. The topological polar surface area (TPSA) is 95.8 Å². The average Bonchev–Trinajstić information content (AvgIpc) is 3.63. The van der Waals surface area contributed by atoms with Gasteiger partial charge >= 0.3 is 6.01 Å². The van der Waals surface area contributed by atoms with Crippen LogP contribution in [0, 0.1) is 0 Å². The first-order valence-electron chi connectivity index (χ1n) is 15.0. The number of nitrogens with zero attached hydrogens (tertiary/aromatic N) is 5. The Morgan fingerprint density at radius 1 is 1.12 bits per heavy atom. The van der Waals surface area contributed by atoms with Crippen molar-refractivity contribution in [3.05, 3.63) is 52.8 Å². The number of benzene rings is 2. The summed E-state index contributed by atoms with van der Waals surface area (Å²) < 4.78 is 22.4. The van der Waals surface area contributed by atoms with Gasteiger partial charge in [0, 0.05) is 50.7 Å². The number of phenols is 1. The Morgan fingerprint density at radius 3 is 2.76 bits per heavy atom. The first kappa shape index (κ1) is 25.9. The summed E-state index contributed by atoms with van der Waals surface area (Å²) in [4.78, 5) is 28.2. The second-order valence-electron chi connectivity index (χ2n) is 12.6. The van der Waals surface area contributed by atoms with Crippen LogP contribution in [0.4, 0.5) is 10.2 Å². The van der Waals surface area contributed by atoms with E-state index in [-0.39, 0.29) is 22.9 Å². The minimum Gasteiger partial charge on any atom is -0.508 e. The third-order valence-corrected chi connectivity index (χ3v) is 9.92. The van der Waals surface area contributed by atoms with Crippen LogP contribution in [0.1, 0.15) is 32.1 Å². The normalized spacial score (nSPS) is 27.3. The quantitative estimate of drug-likeness (QED) is 0.375. The number of aromatic nitrogens is 3. The van der Waals surface area contributed by atoms with Crippen molar-refractivity contribution in [3.63, 3.8) is 0 Å². The summed E-state index contributed by atoms with van der Waals surface area (Å²) in [6, 6.07) is 14.0. The van der Waals surface area contributed by atoms with Gasteiger partial charge < -0.3 is 24.6 Å². The number of anilines is 1. The number of fused-ring (bicyclic) bond motifs is 5. The molecule has 8 rings (SSSR count). The van der Waals surface area contributed by atoms with Crippen LogP contribution in [-0.4, -0.2) is 81.1 Å². The molecular formula is C32H35FN6O3. The Hall–Kier alpha value is -3.76. The van der Waals surface area contributed by atoms with Crippen LogP contribution in [-0.2, 0) is 7.05 Å². The summed E-state index contributed by atoms with van der Waals surface area (Å²) in [5.41, 5.74) is 1.37. The van der Waals surface area contributed by atoms with E-state index in [2.05, 4.69) is 15.1 Å². The van der Waals surface area contributed by atoms with Gasteiger partial charge in [0.25, 0.3) is 5.56 Å². The number of hydrogen-bond donors (Lipinski definition) is 2. The number of phenolic OH excluding ortho intramolecular Hbond substituents is 1. The average molecular weight is 571 g/mol. The molecule has 10 heteroatoms. The van der Waals surface area contributed by atoms with Gasteiger partial charge in [0.05, 0.1) is 16.7 Å². The molecule has 4 aromatic rings. The predicted octanol–water partition coefficient (Wildman–Crippen LogP) is 3.75. The molecule has 6 heterocycles. The number of pyridine rings is 1. The molecule has 4 aliphatic heterocycles. The van der Waals surface area contributed by atoms with E-state index in [0.29, 0.717) is 54.1 Å². The molecule has 218 valence electrons. The van der Waals surface area contributed by atoms with E-state index in [1.54, 1.807) is 23.7 Å². The zero-order chi connectivity index (χ0) is 28.6. The number of ether oxygens (including phenoxy) is 1. The molecule has 4 fully saturated rings. The van der Waals surface area contributed by atoms with Crippen LogP contribution in [0.2, 0.25) is 0 Å². The number of rotatable bonds is 5. The van der Waals surface area contributed by atoms with Crippen molar-refractivity contribution in [2.75, 3.05) is 37.7 Å². The lowest BCUT2D eigenvalue weighted by Gasteiger charge is -2.34. The molecule has 2 aromatic heterocycles. The van der Waals surface area contributed by atoms with Crippen molar-refractivity contribution >= 4 is 27.5 Å². The highest BCUT2D eigenvalue weighted by Gasteiger charge is 2.49. The minimum atomic E-state index is -0.846. The smallest absolute Gasteiger partial charge is 0.319 e. The van der Waals surface area contributed by atoms with Gasteiger partial charge in [-0.05, 0) is 61.2 Å². The van der Waals surface area contributed by atoms with Crippen LogP contribution in [0.25, 0.3) is 32.9 Å². The Kier molecular flexibility index (Phi) is 5.95. The van der Waals surface area contributed by atoms with Crippen molar-refractivity contribution in [2.45, 2.75) is 55.9 Å². The third kappa shape index (κ3) is 4.14. The number of piperazine rings is 1. The van der Waals surface area contributed by atoms with E-state index in [1.165, 1.54) is 0 Å². The molecule has 0 saturated carbocycles. The molecule has 4 saturated heterocycles. The summed E-state index contributed by atoms with van der Waals surface area (Å²) in [5.74, 6) is 0.722. The lowest BCUT2D eigenvalue weighted by Crippen LogP contribution is -2.51. The largest absolute Gasteiger partial charge is 0.508 e. The van der Waals surface area contributed by atoms with Crippen molar-refractivity contribution < 1.29 is 14.2 Å². The van der Waals surface area contributed by atoms with Crippen molar-refractivity contribution in [1.29, 1.82) is 0 Å². The monoisotopic (exact) mass is 570 g/mol. The fraction of sp³-hybridized carbons (Fsp3) is 0.469. The van der Waals surface area contributed by atoms with Gasteiger partial charge in [-0.25, -0.2) is 4.39 Å². The maximum Gasteiger partial charge on any atom is 0.319 e. The minimum absolute atomic E-state index is 0.128. The van der Waals surface area contributed by atoms with Crippen LogP contribution < -0.4 is 20.5 Å². The molecule has 42 heavy (non-hydrogen) atoms. The molecule has 4 atom stereocenters. The van der Waals surface area contributed by atoms with Crippen LogP contribution in [0.3, 0.4) is 0 Å². The number of halogens is 1. The van der Waals surface area contributed by atoms with Crippen LogP contribution >= 0.6 is 0 Å². The molecule has 2 unspecified atom stereocenters. The highest BCUT2D eigenvalue weighted by atomic mass is 19.1. The highest BCUT2D eigenvalue weighted by Crippen LogP contribution is 2.41. The molecule has 9 nitrogen and oxygen atoms in total. The van der Waals surface area contributed by atoms with E-state index in [4.69, 9.17) is 14.7 Å². The summed E-state index contributed by atoms with van der Waals surface area (Å²) >= 11 is 0.